The van der Waals surface area contributed by atoms with Gasteiger partial charge in [-0.05, 0) is 31.0 Å². The molecule has 0 aliphatic carbocycles. The Morgan fingerprint density at radius 2 is 2.22 bits per heavy atom. The predicted octanol–water partition coefficient (Wildman–Crippen LogP) is 2.04. The maximum atomic E-state index is 13.3. The molecule has 23 heavy (non-hydrogen) atoms. The fraction of sp³-hybridized carbons (Fsp3) is 0.400. The quantitative estimate of drug-likeness (QED) is 0.912. The topological polar surface area (TPSA) is 63.1 Å². The van der Waals surface area contributed by atoms with Crippen LogP contribution < -0.4 is 5.32 Å². The number of rotatable bonds is 2. The summed E-state index contributed by atoms with van der Waals surface area (Å²) in [6.07, 6.45) is 4.51. The minimum absolute atomic E-state index is 0.0322. The third-order valence-electron chi connectivity index (χ3n) is 4.42. The average Bonchev–Trinajstić information content (AvgIpc) is 3.16. The zero-order valence-corrected chi connectivity index (χ0v) is 13.0. The Hall–Kier alpha value is -1.99. The Labute approximate surface area is 137 Å². The molecule has 2 saturated heterocycles. The molecule has 2 aliphatic heterocycles. The first-order valence-electron chi connectivity index (χ1n) is 7.57. The van der Waals surface area contributed by atoms with Gasteiger partial charge in [0.1, 0.15) is 17.7 Å². The van der Waals surface area contributed by atoms with E-state index >= 15 is 0 Å². The molecule has 0 spiro atoms. The van der Waals surface area contributed by atoms with Crippen molar-refractivity contribution in [3.63, 3.8) is 0 Å². The van der Waals surface area contributed by atoms with Crippen LogP contribution in [-0.4, -0.2) is 38.4 Å². The van der Waals surface area contributed by atoms with Gasteiger partial charge >= 0.3 is 0 Å². The van der Waals surface area contributed by atoms with E-state index in [2.05, 4.69) is 20.5 Å². The van der Waals surface area contributed by atoms with Gasteiger partial charge in [0.2, 0.25) is 5.91 Å². The Morgan fingerprint density at radius 3 is 3.04 bits per heavy atom. The van der Waals surface area contributed by atoms with E-state index in [1.807, 2.05) is 0 Å². The van der Waals surface area contributed by atoms with E-state index in [0.717, 1.165) is 25.8 Å². The summed E-state index contributed by atoms with van der Waals surface area (Å²) in [6.45, 7) is 0.864. The van der Waals surface area contributed by atoms with E-state index in [-0.39, 0.29) is 23.1 Å². The van der Waals surface area contributed by atoms with E-state index < -0.39 is 5.82 Å². The fourth-order valence-corrected chi connectivity index (χ4v) is 3.43. The number of aromatic nitrogens is 3. The first-order chi connectivity index (χ1) is 11.1. The molecule has 0 unspecified atom stereocenters. The van der Waals surface area contributed by atoms with Gasteiger partial charge in [-0.15, -0.1) is 5.10 Å². The van der Waals surface area contributed by atoms with Crippen LogP contribution in [0.4, 0.5) is 4.39 Å². The summed E-state index contributed by atoms with van der Waals surface area (Å²) in [5.74, 6) is -0.427. The Morgan fingerprint density at radius 1 is 1.35 bits per heavy atom. The van der Waals surface area contributed by atoms with Gasteiger partial charge in [0.15, 0.2) is 0 Å². The lowest BCUT2D eigenvalue weighted by molar-refractivity contribution is -0.122. The molecule has 2 aromatic rings. The van der Waals surface area contributed by atoms with Crippen LogP contribution in [0.2, 0.25) is 5.02 Å². The van der Waals surface area contributed by atoms with Gasteiger partial charge in [-0.3, -0.25) is 9.69 Å². The largest absolute Gasteiger partial charge is 0.334 e. The molecular weight excluding hydrogens is 321 g/mol. The molecule has 4 rings (SSSR count). The highest BCUT2D eigenvalue weighted by Crippen LogP contribution is 2.31. The van der Waals surface area contributed by atoms with Crippen molar-refractivity contribution in [2.45, 2.75) is 31.5 Å². The van der Waals surface area contributed by atoms with Crippen LogP contribution in [0.15, 0.2) is 24.4 Å². The summed E-state index contributed by atoms with van der Waals surface area (Å²) < 4.78 is 14.8. The van der Waals surface area contributed by atoms with Crippen molar-refractivity contribution < 1.29 is 9.18 Å². The molecule has 2 fully saturated rings. The van der Waals surface area contributed by atoms with Crippen molar-refractivity contribution in [3.05, 3.63) is 40.9 Å². The SMILES string of the molecule is O=C1N[C@@H](c2cn(-c3ccc(F)c(Cl)c3)nn2)N2CCCC[C@@H]12. The van der Waals surface area contributed by atoms with Crippen molar-refractivity contribution in [3.8, 4) is 5.69 Å². The molecule has 8 heteroatoms. The third-order valence-corrected chi connectivity index (χ3v) is 4.71. The number of amides is 1. The number of piperidine rings is 1. The lowest BCUT2D eigenvalue weighted by Gasteiger charge is -2.30. The molecule has 1 aromatic carbocycles. The summed E-state index contributed by atoms with van der Waals surface area (Å²) >= 11 is 5.81. The fourth-order valence-electron chi connectivity index (χ4n) is 3.26. The minimum atomic E-state index is -0.477. The van der Waals surface area contributed by atoms with Gasteiger partial charge in [-0.25, -0.2) is 9.07 Å². The number of halogens is 2. The number of benzene rings is 1. The molecule has 6 nitrogen and oxygen atoms in total. The zero-order chi connectivity index (χ0) is 16.0. The van der Waals surface area contributed by atoms with Crippen LogP contribution in [0.25, 0.3) is 5.69 Å². The number of hydrogen-bond acceptors (Lipinski definition) is 4. The second kappa shape index (κ2) is 5.58. The van der Waals surface area contributed by atoms with E-state index in [0.29, 0.717) is 11.4 Å². The minimum Gasteiger partial charge on any atom is -0.334 e. The molecule has 0 saturated carbocycles. The highest BCUT2D eigenvalue weighted by atomic mass is 35.5. The van der Waals surface area contributed by atoms with Crippen molar-refractivity contribution in [2.75, 3.05) is 6.54 Å². The number of carbonyl (C=O) groups excluding carboxylic acids is 1. The van der Waals surface area contributed by atoms with Crippen molar-refractivity contribution in [1.82, 2.24) is 25.2 Å². The Kier molecular flexibility index (Phi) is 3.54. The summed E-state index contributed by atoms with van der Waals surface area (Å²) in [5.41, 5.74) is 1.29. The van der Waals surface area contributed by atoms with Crippen molar-refractivity contribution >= 4 is 17.5 Å². The number of fused-ring (bicyclic) bond motifs is 1. The van der Waals surface area contributed by atoms with Gasteiger partial charge in [0.25, 0.3) is 0 Å². The monoisotopic (exact) mass is 335 g/mol. The molecule has 0 radical (unpaired) electrons. The van der Waals surface area contributed by atoms with Gasteiger partial charge < -0.3 is 5.32 Å². The Balaban J connectivity index is 1.62. The van der Waals surface area contributed by atoms with Crippen LogP contribution in [-0.2, 0) is 4.79 Å². The van der Waals surface area contributed by atoms with E-state index in [9.17, 15) is 9.18 Å². The number of nitrogens with one attached hydrogen (secondary N) is 1. The van der Waals surface area contributed by atoms with Crippen molar-refractivity contribution in [1.29, 1.82) is 0 Å². The van der Waals surface area contributed by atoms with E-state index in [4.69, 9.17) is 11.6 Å². The van der Waals surface area contributed by atoms with Crippen LogP contribution >= 0.6 is 11.6 Å². The average molecular weight is 336 g/mol. The molecule has 1 N–H and O–H groups in total. The summed E-state index contributed by atoms with van der Waals surface area (Å²) in [7, 11) is 0. The molecule has 1 amide bonds. The van der Waals surface area contributed by atoms with Crippen molar-refractivity contribution in [2.24, 2.45) is 0 Å². The van der Waals surface area contributed by atoms with Crippen LogP contribution in [0, 0.1) is 5.82 Å². The molecule has 120 valence electrons. The normalized spacial score (nSPS) is 24.5. The number of carbonyl (C=O) groups is 1. The lowest BCUT2D eigenvalue weighted by atomic mass is 10.0. The molecular formula is C15H15ClFN5O. The van der Waals surface area contributed by atoms with Gasteiger partial charge in [0.05, 0.1) is 22.9 Å². The van der Waals surface area contributed by atoms with Crippen LogP contribution in [0.5, 0.6) is 0 Å². The van der Waals surface area contributed by atoms with Gasteiger partial charge in [-0.2, -0.15) is 0 Å². The number of nitrogens with zero attached hydrogens (tertiary/aromatic N) is 4. The maximum absolute atomic E-state index is 13.3. The summed E-state index contributed by atoms with van der Waals surface area (Å²) in [4.78, 5) is 14.2. The van der Waals surface area contributed by atoms with Gasteiger partial charge in [0, 0.05) is 6.54 Å². The van der Waals surface area contributed by atoms with Gasteiger partial charge in [-0.1, -0.05) is 23.2 Å². The molecule has 3 heterocycles. The summed E-state index contributed by atoms with van der Waals surface area (Å²) in [5, 5.41) is 11.3. The highest BCUT2D eigenvalue weighted by Gasteiger charge is 2.42. The standard InChI is InChI=1S/C15H15ClFN5O/c16-10-7-9(4-5-11(10)17)22-8-12(19-20-22)14-18-15(23)13-3-1-2-6-21(13)14/h4-5,7-8,13-14H,1-3,6H2,(H,18,23)/t13-,14+/m0/s1. The first kappa shape index (κ1) is 14.6. The molecule has 2 atom stereocenters. The summed E-state index contributed by atoms with van der Waals surface area (Å²) in [6, 6.07) is 4.29. The third kappa shape index (κ3) is 2.49. The number of hydrogen-bond donors (Lipinski definition) is 1. The lowest BCUT2D eigenvalue weighted by Crippen LogP contribution is -2.38. The predicted molar refractivity (Wildman–Crippen MR) is 81.6 cm³/mol. The molecule has 0 bridgehead atoms. The second-order valence-corrected chi connectivity index (χ2v) is 6.25. The van der Waals surface area contributed by atoms with Crippen LogP contribution in [0.1, 0.15) is 31.1 Å². The van der Waals surface area contributed by atoms with Crippen LogP contribution in [0.3, 0.4) is 0 Å². The first-order valence-corrected chi connectivity index (χ1v) is 7.95. The maximum Gasteiger partial charge on any atom is 0.238 e. The highest BCUT2D eigenvalue weighted by molar-refractivity contribution is 6.30. The zero-order valence-electron chi connectivity index (χ0n) is 12.2. The second-order valence-electron chi connectivity index (χ2n) is 5.85. The van der Waals surface area contributed by atoms with E-state index in [1.54, 1.807) is 12.3 Å². The molecule has 1 aromatic heterocycles. The smallest absolute Gasteiger partial charge is 0.238 e. The Bertz CT molecular complexity index is 764. The molecule has 2 aliphatic rings. The van der Waals surface area contributed by atoms with E-state index in [1.165, 1.54) is 16.8 Å².